The summed E-state index contributed by atoms with van der Waals surface area (Å²) in [6, 6.07) is 8.50. The van der Waals surface area contributed by atoms with Crippen molar-refractivity contribution in [2.45, 2.75) is 32.4 Å². The number of hydrogen-bond donors (Lipinski definition) is 1. The van der Waals surface area contributed by atoms with Crippen molar-refractivity contribution in [1.82, 2.24) is 14.7 Å². The summed E-state index contributed by atoms with van der Waals surface area (Å²) >= 11 is 0. The summed E-state index contributed by atoms with van der Waals surface area (Å²) in [6.07, 6.45) is 2.37. The third-order valence-corrected chi connectivity index (χ3v) is 4.55. The number of rotatable bonds is 7. The lowest BCUT2D eigenvalue weighted by atomic mass is 10.1. The Kier molecular flexibility index (Phi) is 4.94. The van der Waals surface area contributed by atoms with Gasteiger partial charge in [0, 0.05) is 25.2 Å². The standard InChI is InChI=1S/C18H22FN3O2/c1-2-22-13(7-8-20-22)12-21(9-10-23)18(24)16-11-15(16)14-5-3-4-6-17(14)19/h3-8,15-16,23H,2,9-12H2,1H3/t15-,16+/m0/s1. The van der Waals surface area contributed by atoms with Crippen LogP contribution in [0.25, 0.3) is 0 Å². The van der Waals surface area contributed by atoms with E-state index in [1.807, 2.05) is 17.7 Å². The number of aryl methyl sites for hydroxylation is 1. The zero-order valence-electron chi connectivity index (χ0n) is 13.7. The molecular weight excluding hydrogens is 309 g/mol. The molecule has 1 heterocycles. The van der Waals surface area contributed by atoms with Crippen LogP contribution in [-0.4, -0.2) is 38.8 Å². The highest BCUT2D eigenvalue weighted by atomic mass is 19.1. The second kappa shape index (κ2) is 7.13. The molecule has 2 aromatic rings. The van der Waals surface area contributed by atoms with Gasteiger partial charge in [0.1, 0.15) is 5.82 Å². The number of halogens is 1. The van der Waals surface area contributed by atoms with Gasteiger partial charge in [-0.15, -0.1) is 0 Å². The number of hydrogen-bond acceptors (Lipinski definition) is 3. The summed E-state index contributed by atoms with van der Waals surface area (Å²) in [5, 5.41) is 13.5. The predicted molar refractivity (Wildman–Crippen MR) is 87.7 cm³/mol. The van der Waals surface area contributed by atoms with Crippen molar-refractivity contribution in [3.05, 3.63) is 53.6 Å². The molecule has 0 radical (unpaired) electrons. The van der Waals surface area contributed by atoms with Crippen molar-refractivity contribution in [3.8, 4) is 0 Å². The van der Waals surface area contributed by atoms with Gasteiger partial charge in [0.15, 0.2) is 0 Å². The van der Waals surface area contributed by atoms with Crippen molar-refractivity contribution in [2.24, 2.45) is 5.92 Å². The molecule has 0 spiro atoms. The lowest BCUT2D eigenvalue weighted by molar-refractivity contribution is -0.133. The Morgan fingerprint density at radius 3 is 2.92 bits per heavy atom. The highest BCUT2D eigenvalue weighted by Crippen LogP contribution is 2.49. The van der Waals surface area contributed by atoms with Gasteiger partial charge in [-0.2, -0.15) is 5.10 Å². The van der Waals surface area contributed by atoms with Gasteiger partial charge in [-0.3, -0.25) is 9.48 Å². The summed E-state index contributed by atoms with van der Waals surface area (Å²) in [6.45, 7) is 3.31. The lowest BCUT2D eigenvalue weighted by Crippen LogP contribution is -2.35. The van der Waals surface area contributed by atoms with E-state index in [4.69, 9.17) is 0 Å². The molecule has 3 rings (SSSR count). The van der Waals surface area contributed by atoms with Crippen molar-refractivity contribution >= 4 is 5.91 Å². The van der Waals surface area contributed by atoms with Crippen molar-refractivity contribution in [1.29, 1.82) is 0 Å². The van der Waals surface area contributed by atoms with Gasteiger partial charge in [0.05, 0.1) is 18.8 Å². The minimum Gasteiger partial charge on any atom is -0.395 e. The fraction of sp³-hybridized carbons (Fsp3) is 0.444. The maximum Gasteiger partial charge on any atom is 0.226 e. The van der Waals surface area contributed by atoms with Gasteiger partial charge < -0.3 is 10.0 Å². The van der Waals surface area contributed by atoms with Crippen LogP contribution in [-0.2, 0) is 17.9 Å². The maximum absolute atomic E-state index is 13.9. The van der Waals surface area contributed by atoms with E-state index in [9.17, 15) is 14.3 Å². The Morgan fingerprint density at radius 1 is 1.42 bits per heavy atom. The summed E-state index contributed by atoms with van der Waals surface area (Å²) in [5.41, 5.74) is 1.54. The monoisotopic (exact) mass is 331 g/mol. The first-order valence-electron chi connectivity index (χ1n) is 8.30. The number of aliphatic hydroxyl groups excluding tert-OH is 1. The molecular formula is C18H22FN3O2. The molecule has 1 amide bonds. The average molecular weight is 331 g/mol. The van der Waals surface area contributed by atoms with Gasteiger partial charge in [-0.1, -0.05) is 18.2 Å². The van der Waals surface area contributed by atoms with Crippen LogP contribution in [0.3, 0.4) is 0 Å². The number of benzene rings is 1. The Hall–Kier alpha value is -2.21. The van der Waals surface area contributed by atoms with E-state index in [1.165, 1.54) is 6.07 Å². The van der Waals surface area contributed by atoms with Crippen molar-refractivity contribution < 1.29 is 14.3 Å². The van der Waals surface area contributed by atoms with Crippen LogP contribution < -0.4 is 0 Å². The van der Waals surface area contributed by atoms with Crippen LogP contribution in [0.5, 0.6) is 0 Å². The Morgan fingerprint density at radius 2 is 2.21 bits per heavy atom. The van der Waals surface area contributed by atoms with E-state index >= 15 is 0 Å². The van der Waals surface area contributed by atoms with E-state index in [1.54, 1.807) is 29.3 Å². The van der Waals surface area contributed by atoms with Crippen LogP contribution in [0.4, 0.5) is 4.39 Å². The third-order valence-electron chi connectivity index (χ3n) is 4.55. The molecule has 0 unspecified atom stereocenters. The van der Waals surface area contributed by atoms with E-state index in [0.29, 0.717) is 18.5 Å². The third kappa shape index (κ3) is 3.33. The van der Waals surface area contributed by atoms with Gasteiger partial charge in [0.2, 0.25) is 5.91 Å². The highest BCUT2D eigenvalue weighted by molar-refractivity contribution is 5.83. The molecule has 1 aliphatic carbocycles. The molecule has 5 nitrogen and oxygen atoms in total. The highest BCUT2D eigenvalue weighted by Gasteiger charge is 2.46. The minimum atomic E-state index is -0.254. The summed E-state index contributed by atoms with van der Waals surface area (Å²) in [5.74, 6) is -0.542. The van der Waals surface area contributed by atoms with Crippen molar-refractivity contribution in [2.75, 3.05) is 13.2 Å². The first kappa shape index (κ1) is 16.6. The number of carbonyl (C=O) groups is 1. The predicted octanol–water partition coefficient (Wildman–Crippen LogP) is 2.17. The first-order valence-corrected chi connectivity index (χ1v) is 8.30. The van der Waals surface area contributed by atoms with Gasteiger partial charge in [-0.05, 0) is 37.0 Å². The van der Waals surface area contributed by atoms with Gasteiger partial charge >= 0.3 is 0 Å². The molecule has 0 saturated heterocycles. The molecule has 1 fully saturated rings. The molecule has 2 atom stereocenters. The zero-order chi connectivity index (χ0) is 17.1. The molecule has 6 heteroatoms. The Balaban J connectivity index is 1.71. The van der Waals surface area contributed by atoms with Crippen LogP contribution in [0.2, 0.25) is 0 Å². The summed E-state index contributed by atoms with van der Waals surface area (Å²) in [7, 11) is 0. The second-order valence-corrected chi connectivity index (χ2v) is 6.09. The molecule has 1 saturated carbocycles. The largest absolute Gasteiger partial charge is 0.395 e. The SMILES string of the molecule is CCn1nccc1CN(CCO)C(=O)[C@@H]1C[C@H]1c1ccccc1F. The number of carbonyl (C=O) groups excluding carboxylic acids is 1. The lowest BCUT2D eigenvalue weighted by Gasteiger charge is -2.22. The molecule has 128 valence electrons. The second-order valence-electron chi connectivity index (χ2n) is 6.09. The Labute approximate surface area is 140 Å². The molecule has 24 heavy (non-hydrogen) atoms. The van der Waals surface area contributed by atoms with E-state index in [-0.39, 0.29) is 36.7 Å². The number of nitrogens with zero attached hydrogens (tertiary/aromatic N) is 3. The molecule has 1 aromatic carbocycles. The molecule has 1 aromatic heterocycles. The van der Waals surface area contributed by atoms with Gasteiger partial charge in [-0.25, -0.2) is 4.39 Å². The minimum absolute atomic E-state index is 0.0267. The maximum atomic E-state index is 13.9. The summed E-state index contributed by atoms with van der Waals surface area (Å²) < 4.78 is 15.7. The van der Waals surface area contributed by atoms with Crippen LogP contribution in [0.1, 0.15) is 30.5 Å². The van der Waals surface area contributed by atoms with Crippen molar-refractivity contribution in [3.63, 3.8) is 0 Å². The summed E-state index contributed by atoms with van der Waals surface area (Å²) in [4.78, 5) is 14.4. The molecule has 1 N–H and O–H groups in total. The fourth-order valence-corrected chi connectivity index (χ4v) is 3.18. The zero-order valence-corrected chi connectivity index (χ0v) is 13.7. The average Bonchev–Trinajstić information content (AvgIpc) is 3.25. The fourth-order valence-electron chi connectivity index (χ4n) is 3.18. The van der Waals surface area contributed by atoms with E-state index < -0.39 is 0 Å². The first-order chi connectivity index (χ1) is 11.7. The van der Waals surface area contributed by atoms with Gasteiger partial charge in [0.25, 0.3) is 0 Å². The number of aliphatic hydroxyl groups is 1. The molecule has 0 bridgehead atoms. The quantitative estimate of drug-likeness (QED) is 0.846. The number of amides is 1. The van der Waals surface area contributed by atoms with Crippen LogP contribution >= 0.6 is 0 Å². The molecule has 0 aliphatic heterocycles. The Bertz CT molecular complexity index is 716. The van der Waals surface area contributed by atoms with E-state index in [0.717, 1.165) is 12.2 Å². The molecule has 1 aliphatic rings. The number of aromatic nitrogens is 2. The topological polar surface area (TPSA) is 58.4 Å². The smallest absolute Gasteiger partial charge is 0.226 e. The van der Waals surface area contributed by atoms with E-state index in [2.05, 4.69) is 5.10 Å². The normalized spacial score (nSPS) is 19.3. The van der Waals surface area contributed by atoms with Crippen LogP contribution in [0, 0.1) is 11.7 Å². The van der Waals surface area contributed by atoms with Crippen LogP contribution in [0.15, 0.2) is 36.5 Å².